The minimum Gasteiger partial charge on any atom is -0.369 e. The summed E-state index contributed by atoms with van der Waals surface area (Å²) in [5.41, 5.74) is 1.37. The van der Waals surface area contributed by atoms with Crippen LogP contribution in [-0.2, 0) is 5.54 Å². The van der Waals surface area contributed by atoms with Gasteiger partial charge >= 0.3 is 0 Å². The lowest BCUT2D eigenvalue weighted by Crippen LogP contribution is -2.44. The first-order valence-corrected chi connectivity index (χ1v) is 7.45. The monoisotopic (exact) mass is 346 g/mol. The predicted octanol–water partition coefficient (Wildman–Crippen LogP) is 3.23. The first-order chi connectivity index (χ1) is 9.94. The molecule has 1 N–H and O–H groups in total. The van der Waals surface area contributed by atoms with Crippen LogP contribution in [0.1, 0.15) is 41.6 Å². The summed E-state index contributed by atoms with van der Waals surface area (Å²) in [5.74, 6) is -0.216. The highest BCUT2D eigenvalue weighted by Gasteiger charge is 2.45. The second-order valence-corrected chi connectivity index (χ2v) is 6.29. The first-order valence-electron chi connectivity index (χ1n) is 6.66. The Kier molecular flexibility index (Phi) is 3.34. The Morgan fingerprint density at radius 1 is 1.24 bits per heavy atom. The van der Waals surface area contributed by atoms with Crippen molar-refractivity contribution in [3.8, 4) is 0 Å². The third kappa shape index (κ3) is 2.08. The molecule has 1 amide bonds. The molecule has 1 aliphatic heterocycles. The molecule has 21 heavy (non-hydrogen) atoms. The lowest BCUT2D eigenvalue weighted by atomic mass is 9.92. The largest absolute Gasteiger partial charge is 0.369 e. The van der Waals surface area contributed by atoms with Crippen molar-refractivity contribution in [3.63, 3.8) is 0 Å². The van der Waals surface area contributed by atoms with Gasteiger partial charge < -0.3 is 5.11 Å². The van der Waals surface area contributed by atoms with Crippen LogP contribution in [0.15, 0.2) is 47.2 Å². The zero-order valence-electron chi connectivity index (χ0n) is 11.7. The minimum absolute atomic E-state index is 0.216. The number of nitrogens with zero attached hydrogens (tertiary/aromatic N) is 2. The number of benzene rings is 1. The molecule has 5 heteroatoms. The maximum Gasteiger partial charge on any atom is 0.260 e. The van der Waals surface area contributed by atoms with E-state index in [1.165, 1.54) is 4.90 Å². The number of hydrogen-bond donors (Lipinski definition) is 1. The zero-order chi connectivity index (χ0) is 15.2. The second-order valence-electron chi connectivity index (χ2n) is 5.54. The van der Waals surface area contributed by atoms with Gasteiger partial charge in [-0.05, 0) is 41.4 Å². The van der Waals surface area contributed by atoms with Gasteiger partial charge in [0.25, 0.3) is 5.91 Å². The molecule has 3 rings (SSSR count). The molecular weight excluding hydrogens is 332 g/mol. The topological polar surface area (TPSA) is 53.4 Å². The Morgan fingerprint density at radius 3 is 2.52 bits per heavy atom. The van der Waals surface area contributed by atoms with Crippen molar-refractivity contribution in [3.05, 3.63) is 63.9 Å². The lowest BCUT2D eigenvalue weighted by molar-refractivity contribution is -0.0305. The Bertz CT molecular complexity index is 701. The van der Waals surface area contributed by atoms with E-state index in [2.05, 4.69) is 20.9 Å². The summed E-state index contributed by atoms with van der Waals surface area (Å²) < 4.78 is 0.468. The molecular formula is C16H15BrN2O2. The molecule has 0 aliphatic carbocycles. The van der Waals surface area contributed by atoms with Crippen LogP contribution in [0.5, 0.6) is 0 Å². The van der Waals surface area contributed by atoms with Crippen LogP contribution >= 0.6 is 15.9 Å². The molecule has 1 atom stereocenters. The van der Waals surface area contributed by atoms with Gasteiger partial charge in [0.1, 0.15) is 4.60 Å². The number of rotatable bonds is 2. The Labute approximate surface area is 131 Å². The normalized spacial score (nSPS) is 18.0. The number of aliphatic hydroxyl groups is 1. The molecule has 0 spiro atoms. The van der Waals surface area contributed by atoms with E-state index in [1.54, 1.807) is 12.3 Å². The van der Waals surface area contributed by atoms with Gasteiger partial charge in [-0.15, -0.1) is 0 Å². The van der Waals surface area contributed by atoms with Crippen LogP contribution in [0.3, 0.4) is 0 Å². The zero-order valence-corrected chi connectivity index (χ0v) is 13.3. The van der Waals surface area contributed by atoms with Crippen molar-refractivity contribution >= 4 is 21.8 Å². The number of fused-ring (bicyclic) bond motifs is 1. The fourth-order valence-electron chi connectivity index (χ4n) is 2.79. The molecule has 0 bridgehead atoms. The van der Waals surface area contributed by atoms with Crippen molar-refractivity contribution in [2.75, 3.05) is 0 Å². The van der Waals surface area contributed by atoms with Gasteiger partial charge in [-0.1, -0.05) is 30.3 Å². The van der Waals surface area contributed by atoms with E-state index in [9.17, 15) is 9.90 Å². The van der Waals surface area contributed by atoms with Gasteiger partial charge in [0.15, 0.2) is 6.23 Å². The minimum atomic E-state index is -0.970. The molecule has 0 saturated carbocycles. The smallest absolute Gasteiger partial charge is 0.260 e. The average molecular weight is 347 g/mol. The van der Waals surface area contributed by atoms with Crippen LogP contribution in [0.2, 0.25) is 0 Å². The van der Waals surface area contributed by atoms with Gasteiger partial charge in [-0.25, -0.2) is 4.98 Å². The van der Waals surface area contributed by atoms with E-state index in [-0.39, 0.29) is 5.91 Å². The molecule has 0 fully saturated rings. The number of hydrogen-bond acceptors (Lipinski definition) is 3. The van der Waals surface area contributed by atoms with E-state index in [4.69, 9.17) is 0 Å². The van der Waals surface area contributed by atoms with Crippen LogP contribution in [-0.4, -0.2) is 20.9 Å². The van der Waals surface area contributed by atoms with Crippen LogP contribution in [0, 0.1) is 0 Å². The van der Waals surface area contributed by atoms with Gasteiger partial charge in [-0.2, -0.15) is 0 Å². The van der Waals surface area contributed by atoms with Crippen molar-refractivity contribution in [2.45, 2.75) is 25.6 Å². The Balaban J connectivity index is 2.10. The van der Waals surface area contributed by atoms with Gasteiger partial charge in [-0.3, -0.25) is 9.69 Å². The third-order valence-corrected chi connectivity index (χ3v) is 4.58. The maximum absolute atomic E-state index is 12.7. The summed E-state index contributed by atoms with van der Waals surface area (Å²) in [6.07, 6.45) is 0.611. The Morgan fingerprint density at radius 2 is 1.90 bits per heavy atom. The number of amides is 1. The van der Waals surface area contributed by atoms with E-state index in [0.717, 1.165) is 5.56 Å². The first kappa shape index (κ1) is 14.2. The number of pyridine rings is 1. The molecule has 2 aromatic rings. The molecule has 2 heterocycles. The van der Waals surface area contributed by atoms with Crippen molar-refractivity contribution in [1.82, 2.24) is 9.88 Å². The van der Waals surface area contributed by atoms with Crippen LogP contribution in [0.4, 0.5) is 0 Å². The second kappa shape index (κ2) is 4.93. The number of aliphatic hydroxyl groups excluding tert-OH is 1. The van der Waals surface area contributed by atoms with E-state index in [0.29, 0.717) is 15.7 Å². The Hall–Kier alpha value is -1.72. The third-order valence-electron chi connectivity index (χ3n) is 3.97. The fourth-order valence-corrected chi connectivity index (χ4v) is 3.31. The molecule has 1 aliphatic rings. The molecule has 1 unspecified atom stereocenters. The lowest BCUT2D eigenvalue weighted by Gasteiger charge is -2.38. The quantitative estimate of drug-likeness (QED) is 0.849. The highest BCUT2D eigenvalue weighted by atomic mass is 79.9. The van der Waals surface area contributed by atoms with E-state index in [1.807, 2.05) is 44.2 Å². The maximum atomic E-state index is 12.7. The average Bonchev–Trinajstić information content (AvgIpc) is 2.73. The standard InChI is InChI=1S/C16H15BrN2O2/c1-16(2,10-6-4-3-5-7-10)19-14(20)11-8-9-18-13(17)12(11)15(19)21/h3-9,14,20H,1-2H3. The van der Waals surface area contributed by atoms with Crippen molar-refractivity contribution in [2.24, 2.45) is 0 Å². The number of carbonyl (C=O) groups excluding carboxylic acids is 1. The molecule has 4 nitrogen and oxygen atoms in total. The summed E-state index contributed by atoms with van der Waals surface area (Å²) in [4.78, 5) is 18.3. The van der Waals surface area contributed by atoms with Crippen LogP contribution in [0.25, 0.3) is 0 Å². The molecule has 0 radical (unpaired) electrons. The molecule has 1 aromatic heterocycles. The van der Waals surface area contributed by atoms with Gasteiger partial charge in [0.05, 0.1) is 11.1 Å². The summed E-state index contributed by atoms with van der Waals surface area (Å²) in [6, 6.07) is 11.4. The van der Waals surface area contributed by atoms with E-state index >= 15 is 0 Å². The van der Waals surface area contributed by atoms with Crippen molar-refractivity contribution < 1.29 is 9.90 Å². The SMILES string of the molecule is CC(C)(c1ccccc1)N1C(=O)c2c(ccnc2Br)C1O. The highest BCUT2D eigenvalue weighted by Crippen LogP contribution is 2.42. The summed E-state index contributed by atoms with van der Waals surface area (Å²) >= 11 is 3.30. The van der Waals surface area contributed by atoms with Gasteiger partial charge in [0, 0.05) is 11.8 Å². The number of halogens is 1. The number of carbonyl (C=O) groups is 1. The summed E-state index contributed by atoms with van der Waals surface area (Å²) in [6.45, 7) is 3.85. The predicted molar refractivity (Wildman–Crippen MR) is 82.5 cm³/mol. The van der Waals surface area contributed by atoms with Gasteiger partial charge in [0.2, 0.25) is 0 Å². The number of aromatic nitrogens is 1. The van der Waals surface area contributed by atoms with E-state index < -0.39 is 11.8 Å². The molecule has 108 valence electrons. The summed E-state index contributed by atoms with van der Waals surface area (Å²) in [5, 5.41) is 10.6. The highest BCUT2D eigenvalue weighted by molar-refractivity contribution is 9.10. The fraction of sp³-hybridized carbons (Fsp3) is 0.250. The van der Waals surface area contributed by atoms with Crippen LogP contribution < -0.4 is 0 Å². The van der Waals surface area contributed by atoms with Crippen molar-refractivity contribution in [1.29, 1.82) is 0 Å². The molecule has 0 saturated heterocycles. The molecule has 1 aromatic carbocycles. The summed E-state index contributed by atoms with van der Waals surface area (Å²) in [7, 11) is 0.